The Morgan fingerprint density at radius 1 is 1.57 bits per heavy atom. The third-order valence-corrected chi connectivity index (χ3v) is 1.71. The average Bonchev–Trinajstić information content (AvgIpc) is 2.49. The molecule has 14 heavy (non-hydrogen) atoms. The molecule has 0 fully saturated rings. The van der Waals surface area contributed by atoms with E-state index < -0.39 is 11.7 Å². The Bertz CT molecular complexity index is 292. The molecule has 1 amide bonds. The summed E-state index contributed by atoms with van der Waals surface area (Å²) >= 11 is 1.44. The van der Waals surface area contributed by atoms with Gasteiger partial charge in [0.15, 0.2) is 5.82 Å². The van der Waals surface area contributed by atoms with Gasteiger partial charge >= 0.3 is 6.09 Å². The molecule has 6 heteroatoms. The predicted octanol–water partition coefficient (Wildman–Crippen LogP) is 1.99. The lowest BCUT2D eigenvalue weighted by Crippen LogP contribution is -2.35. The molecule has 0 aromatic carbocycles. The first-order valence-corrected chi connectivity index (χ1v) is 5.05. The number of thiazole rings is 1. The van der Waals surface area contributed by atoms with E-state index in [1.807, 2.05) is 0 Å². The molecule has 2 N–H and O–H groups in total. The van der Waals surface area contributed by atoms with Gasteiger partial charge in [-0.05, 0) is 20.8 Å². The van der Waals surface area contributed by atoms with Gasteiger partial charge in [0.05, 0.1) is 5.51 Å². The van der Waals surface area contributed by atoms with Gasteiger partial charge in [0.1, 0.15) is 5.60 Å². The van der Waals surface area contributed by atoms with Crippen molar-refractivity contribution < 1.29 is 9.53 Å². The highest BCUT2D eigenvalue weighted by Gasteiger charge is 2.15. The molecule has 0 saturated carbocycles. The van der Waals surface area contributed by atoms with Crippen molar-refractivity contribution in [3.8, 4) is 0 Å². The molecule has 78 valence electrons. The summed E-state index contributed by atoms with van der Waals surface area (Å²) in [5.74, 6) is 0.598. The molecule has 0 unspecified atom stereocenters. The van der Waals surface area contributed by atoms with E-state index in [9.17, 15) is 4.79 Å². The molecule has 0 radical (unpaired) electrons. The van der Waals surface area contributed by atoms with Crippen LogP contribution in [0.1, 0.15) is 20.8 Å². The minimum Gasteiger partial charge on any atom is -0.443 e. The molecule has 0 aliphatic rings. The van der Waals surface area contributed by atoms with E-state index in [4.69, 9.17) is 4.74 Å². The lowest BCUT2D eigenvalue weighted by Gasteiger charge is -2.19. The number of rotatable bonds is 2. The summed E-state index contributed by atoms with van der Waals surface area (Å²) in [6.45, 7) is 5.40. The van der Waals surface area contributed by atoms with Gasteiger partial charge in [-0.25, -0.2) is 15.2 Å². The van der Waals surface area contributed by atoms with Crippen LogP contribution in [0.2, 0.25) is 0 Å². The fraction of sp³-hybridized carbons (Fsp3) is 0.500. The van der Waals surface area contributed by atoms with Crippen LogP contribution in [0.3, 0.4) is 0 Å². The zero-order valence-corrected chi connectivity index (χ0v) is 9.14. The van der Waals surface area contributed by atoms with Crippen molar-refractivity contribution >= 4 is 23.2 Å². The monoisotopic (exact) mass is 215 g/mol. The Morgan fingerprint density at radius 2 is 2.29 bits per heavy atom. The van der Waals surface area contributed by atoms with Crippen molar-refractivity contribution in [1.82, 2.24) is 10.4 Å². The number of carbonyl (C=O) groups excluding carboxylic acids is 1. The van der Waals surface area contributed by atoms with Crippen molar-refractivity contribution in [2.45, 2.75) is 26.4 Å². The van der Waals surface area contributed by atoms with E-state index in [2.05, 4.69) is 15.8 Å². The van der Waals surface area contributed by atoms with Crippen LogP contribution in [-0.2, 0) is 4.74 Å². The van der Waals surface area contributed by atoms with E-state index in [-0.39, 0.29) is 0 Å². The molecule has 0 atom stereocenters. The highest BCUT2D eigenvalue weighted by Crippen LogP contribution is 2.07. The van der Waals surface area contributed by atoms with Crippen molar-refractivity contribution in [2.24, 2.45) is 0 Å². The van der Waals surface area contributed by atoms with E-state index in [0.717, 1.165) is 0 Å². The number of hydrazine groups is 1. The third kappa shape index (κ3) is 4.08. The largest absolute Gasteiger partial charge is 0.443 e. The van der Waals surface area contributed by atoms with E-state index in [1.54, 1.807) is 31.7 Å². The standard InChI is InChI=1S/C8H13N3O2S/c1-8(2,3)13-7(12)11-10-6-4-14-5-9-6/h4-5,10H,1-3H3,(H,11,12). The highest BCUT2D eigenvalue weighted by atomic mass is 32.1. The number of aromatic nitrogens is 1. The normalized spacial score (nSPS) is 10.8. The summed E-state index contributed by atoms with van der Waals surface area (Å²) in [7, 11) is 0. The zero-order chi connectivity index (χ0) is 10.6. The van der Waals surface area contributed by atoms with Crippen LogP contribution in [0.15, 0.2) is 10.9 Å². The van der Waals surface area contributed by atoms with Crippen LogP contribution >= 0.6 is 11.3 Å². The first kappa shape index (κ1) is 10.8. The molecule has 1 rings (SSSR count). The molecule has 1 heterocycles. The van der Waals surface area contributed by atoms with Crippen LogP contribution in [0.5, 0.6) is 0 Å². The lowest BCUT2D eigenvalue weighted by atomic mass is 10.2. The fourth-order valence-corrected chi connectivity index (χ4v) is 1.18. The Morgan fingerprint density at radius 3 is 2.79 bits per heavy atom. The van der Waals surface area contributed by atoms with E-state index in [0.29, 0.717) is 5.82 Å². The summed E-state index contributed by atoms with van der Waals surface area (Å²) in [4.78, 5) is 15.1. The second-order valence-electron chi connectivity index (χ2n) is 3.63. The first-order chi connectivity index (χ1) is 6.47. The van der Waals surface area contributed by atoms with Gasteiger partial charge in [-0.15, -0.1) is 11.3 Å². The van der Waals surface area contributed by atoms with Crippen molar-refractivity contribution in [3.05, 3.63) is 10.9 Å². The van der Waals surface area contributed by atoms with Gasteiger partial charge in [0.25, 0.3) is 0 Å². The van der Waals surface area contributed by atoms with Crippen molar-refractivity contribution in [3.63, 3.8) is 0 Å². The first-order valence-electron chi connectivity index (χ1n) is 4.10. The van der Waals surface area contributed by atoms with Crippen molar-refractivity contribution in [2.75, 3.05) is 5.43 Å². The van der Waals surface area contributed by atoms with Crippen LogP contribution in [0, 0.1) is 0 Å². The number of hydrogen-bond donors (Lipinski definition) is 2. The number of anilines is 1. The third-order valence-electron chi connectivity index (χ3n) is 1.12. The highest BCUT2D eigenvalue weighted by molar-refractivity contribution is 7.07. The minimum absolute atomic E-state index is 0.492. The quantitative estimate of drug-likeness (QED) is 0.741. The van der Waals surface area contributed by atoms with Gasteiger partial charge in [0.2, 0.25) is 0 Å². The second kappa shape index (κ2) is 4.28. The average molecular weight is 215 g/mol. The topological polar surface area (TPSA) is 63.2 Å². The molecule has 0 spiro atoms. The Hall–Kier alpha value is -1.30. The lowest BCUT2D eigenvalue weighted by molar-refractivity contribution is 0.0541. The smallest absolute Gasteiger partial charge is 0.426 e. The van der Waals surface area contributed by atoms with Crippen molar-refractivity contribution in [1.29, 1.82) is 0 Å². The van der Waals surface area contributed by atoms with Gasteiger partial charge < -0.3 is 4.74 Å². The summed E-state index contributed by atoms with van der Waals surface area (Å²) in [6.07, 6.45) is -0.523. The molecular weight excluding hydrogens is 202 g/mol. The van der Waals surface area contributed by atoms with Crippen LogP contribution in [0.25, 0.3) is 0 Å². The molecule has 1 aromatic heterocycles. The fourth-order valence-electron chi connectivity index (χ4n) is 0.693. The van der Waals surface area contributed by atoms with Gasteiger partial charge in [-0.1, -0.05) is 0 Å². The maximum atomic E-state index is 11.1. The summed E-state index contributed by atoms with van der Waals surface area (Å²) in [5, 5.41) is 1.78. The Balaban J connectivity index is 2.29. The molecule has 0 aliphatic carbocycles. The summed E-state index contributed by atoms with van der Waals surface area (Å²) in [5.41, 5.74) is 6.17. The number of amides is 1. The number of hydrogen-bond acceptors (Lipinski definition) is 5. The molecule has 0 bridgehead atoms. The van der Waals surface area contributed by atoms with Gasteiger partial charge in [-0.2, -0.15) is 0 Å². The Kier molecular flexibility index (Phi) is 3.29. The maximum absolute atomic E-state index is 11.1. The molecule has 0 saturated heterocycles. The molecule has 1 aromatic rings. The second-order valence-corrected chi connectivity index (χ2v) is 4.34. The predicted molar refractivity (Wildman–Crippen MR) is 55.1 cm³/mol. The molecule has 0 aliphatic heterocycles. The number of nitrogens with zero attached hydrogens (tertiary/aromatic N) is 1. The SMILES string of the molecule is CC(C)(C)OC(=O)NNc1cscn1. The zero-order valence-electron chi connectivity index (χ0n) is 8.33. The summed E-state index contributed by atoms with van der Waals surface area (Å²) < 4.78 is 5.00. The van der Waals surface area contributed by atoms with Crippen LogP contribution in [-0.4, -0.2) is 16.7 Å². The molecular formula is C8H13N3O2S. The van der Waals surface area contributed by atoms with E-state index in [1.165, 1.54) is 11.3 Å². The number of ether oxygens (including phenoxy) is 1. The maximum Gasteiger partial charge on any atom is 0.426 e. The van der Waals surface area contributed by atoms with Gasteiger partial charge in [0, 0.05) is 5.38 Å². The van der Waals surface area contributed by atoms with Crippen LogP contribution < -0.4 is 10.9 Å². The minimum atomic E-state index is -0.523. The number of carbonyl (C=O) groups is 1. The summed E-state index contributed by atoms with van der Waals surface area (Å²) in [6, 6.07) is 0. The molecule has 5 nitrogen and oxygen atoms in total. The van der Waals surface area contributed by atoms with Gasteiger partial charge in [-0.3, -0.25) is 5.43 Å². The Labute approximate surface area is 86.5 Å². The number of nitrogens with one attached hydrogen (secondary N) is 2. The van der Waals surface area contributed by atoms with E-state index >= 15 is 0 Å². The van der Waals surface area contributed by atoms with Crippen LogP contribution in [0.4, 0.5) is 10.6 Å².